The maximum Gasteiger partial charge on any atom is 0.422 e. The third-order valence-electron chi connectivity index (χ3n) is 6.45. The van der Waals surface area contributed by atoms with Crippen LogP contribution in [0.1, 0.15) is 35.7 Å². The van der Waals surface area contributed by atoms with E-state index in [0.29, 0.717) is 23.6 Å². The number of primary amides is 1. The van der Waals surface area contributed by atoms with Gasteiger partial charge in [-0.2, -0.15) is 28.1 Å². The summed E-state index contributed by atoms with van der Waals surface area (Å²) in [6, 6.07) is 10.8. The second-order valence-corrected chi connectivity index (χ2v) is 10.4. The topological polar surface area (TPSA) is 200 Å². The van der Waals surface area contributed by atoms with Gasteiger partial charge in [0.05, 0.1) is 12.1 Å². The highest BCUT2D eigenvalue weighted by molar-refractivity contribution is 6.34. The second kappa shape index (κ2) is 14.3. The monoisotopic (exact) mass is 664 g/mol. The third kappa shape index (κ3) is 9.40. The number of hydrogen-bond donors (Lipinski definition) is 5. The fourth-order valence-electron chi connectivity index (χ4n) is 4.07. The van der Waals surface area contributed by atoms with Crippen LogP contribution in [0.5, 0.6) is 6.01 Å². The molecule has 1 heterocycles. The van der Waals surface area contributed by atoms with E-state index in [-0.39, 0.29) is 24.1 Å². The molecule has 1 aliphatic carbocycles. The van der Waals surface area contributed by atoms with Crippen LogP contribution in [-0.2, 0) is 24.7 Å². The zero-order valence-corrected chi connectivity index (χ0v) is 24.9. The first kappa shape index (κ1) is 33.7. The summed E-state index contributed by atoms with van der Waals surface area (Å²) in [5.74, 6) is -4.18. The number of esters is 1. The van der Waals surface area contributed by atoms with Crippen LogP contribution in [0.2, 0.25) is 5.02 Å². The predicted octanol–water partition coefficient (Wildman–Crippen LogP) is 2.57. The van der Waals surface area contributed by atoms with Crippen molar-refractivity contribution >= 4 is 52.9 Å². The van der Waals surface area contributed by atoms with Gasteiger partial charge in [-0.3, -0.25) is 14.4 Å². The molecule has 2 aromatic carbocycles. The van der Waals surface area contributed by atoms with Crippen LogP contribution >= 0.6 is 11.6 Å². The van der Waals surface area contributed by atoms with E-state index in [1.165, 1.54) is 24.3 Å². The SMILES string of the molecule is CCOC(=O)[C@H](CNC(=O)C(N)=O)NC(=O)c1ccc(Nc2nc(NC3(c4ccc(Cl)cc4)CC3)nc(OCC(F)(F)F)n2)cc1. The van der Waals surface area contributed by atoms with Crippen molar-refractivity contribution in [1.29, 1.82) is 0 Å². The van der Waals surface area contributed by atoms with Crippen LogP contribution in [0.4, 0.5) is 30.8 Å². The number of carbonyl (C=O) groups is 4. The number of halogens is 4. The highest BCUT2D eigenvalue weighted by atomic mass is 35.5. The van der Waals surface area contributed by atoms with Crippen molar-refractivity contribution in [2.45, 2.75) is 37.5 Å². The normalized spacial score (nSPS) is 13.9. The van der Waals surface area contributed by atoms with Crippen LogP contribution in [0.25, 0.3) is 0 Å². The molecule has 46 heavy (non-hydrogen) atoms. The summed E-state index contributed by atoms with van der Waals surface area (Å²) in [7, 11) is 0. The average Bonchev–Trinajstić information content (AvgIpc) is 3.78. The van der Waals surface area contributed by atoms with Gasteiger partial charge >= 0.3 is 30.0 Å². The summed E-state index contributed by atoms with van der Waals surface area (Å²) in [5.41, 5.74) is 5.66. The molecule has 0 aliphatic heterocycles. The van der Waals surface area contributed by atoms with Gasteiger partial charge in [0.15, 0.2) is 6.61 Å². The van der Waals surface area contributed by atoms with E-state index in [2.05, 4.69) is 36.2 Å². The molecule has 244 valence electrons. The zero-order chi connectivity index (χ0) is 33.5. The van der Waals surface area contributed by atoms with Crippen LogP contribution in [-0.4, -0.2) is 70.6 Å². The van der Waals surface area contributed by atoms with E-state index in [1.807, 2.05) is 12.1 Å². The van der Waals surface area contributed by atoms with Crippen LogP contribution in [0.3, 0.4) is 0 Å². The van der Waals surface area contributed by atoms with Crippen molar-refractivity contribution in [3.05, 3.63) is 64.7 Å². The quantitative estimate of drug-likeness (QED) is 0.133. The Morgan fingerprint density at radius 3 is 2.24 bits per heavy atom. The number of amides is 3. The molecule has 3 aromatic rings. The van der Waals surface area contributed by atoms with Gasteiger partial charge in [-0.1, -0.05) is 23.7 Å². The molecule has 1 aliphatic rings. The van der Waals surface area contributed by atoms with Gasteiger partial charge in [-0.25, -0.2) is 4.79 Å². The summed E-state index contributed by atoms with van der Waals surface area (Å²) in [6.45, 7) is -0.541. The van der Waals surface area contributed by atoms with E-state index < -0.39 is 60.6 Å². The highest BCUT2D eigenvalue weighted by Gasteiger charge is 2.45. The average molecular weight is 665 g/mol. The van der Waals surface area contributed by atoms with E-state index in [0.717, 1.165) is 5.56 Å². The summed E-state index contributed by atoms with van der Waals surface area (Å²) in [4.78, 5) is 59.8. The number of benzene rings is 2. The first-order chi connectivity index (χ1) is 21.8. The number of rotatable bonds is 13. The molecule has 4 rings (SSSR count). The Hall–Kier alpha value is -5.19. The molecule has 1 aromatic heterocycles. The molecule has 0 radical (unpaired) electrons. The fourth-order valence-corrected chi connectivity index (χ4v) is 4.19. The molecule has 6 N–H and O–H groups in total. The number of alkyl halides is 3. The number of carbonyl (C=O) groups excluding carboxylic acids is 4. The Kier molecular flexibility index (Phi) is 10.5. The first-order valence-electron chi connectivity index (χ1n) is 13.7. The van der Waals surface area contributed by atoms with Gasteiger partial charge < -0.3 is 36.5 Å². The predicted molar refractivity (Wildman–Crippen MR) is 157 cm³/mol. The lowest BCUT2D eigenvalue weighted by atomic mass is 10.1. The molecular weight excluding hydrogens is 637 g/mol. The Labute approximate surface area is 264 Å². The number of nitrogens with one attached hydrogen (secondary N) is 4. The number of nitrogens with zero attached hydrogens (tertiary/aromatic N) is 3. The number of hydrogen-bond acceptors (Lipinski definition) is 11. The van der Waals surface area contributed by atoms with Crippen molar-refractivity contribution in [2.75, 3.05) is 30.4 Å². The van der Waals surface area contributed by atoms with Crippen molar-refractivity contribution in [2.24, 2.45) is 5.73 Å². The van der Waals surface area contributed by atoms with Gasteiger partial charge in [0.25, 0.3) is 5.91 Å². The number of aromatic nitrogens is 3. The van der Waals surface area contributed by atoms with E-state index >= 15 is 0 Å². The van der Waals surface area contributed by atoms with Gasteiger partial charge in [0, 0.05) is 22.8 Å². The maximum atomic E-state index is 12.9. The van der Waals surface area contributed by atoms with Crippen LogP contribution < -0.4 is 31.7 Å². The maximum absolute atomic E-state index is 12.9. The molecule has 3 amide bonds. The molecule has 1 saturated carbocycles. The second-order valence-electron chi connectivity index (χ2n) is 9.94. The lowest BCUT2D eigenvalue weighted by molar-refractivity contribution is -0.154. The smallest absolute Gasteiger partial charge is 0.422 e. The van der Waals surface area contributed by atoms with Gasteiger partial charge in [0.2, 0.25) is 11.9 Å². The van der Waals surface area contributed by atoms with E-state index in [1.54, 1.807) is 19.1 Å². The minimum atomic E-state index is -4.63. The molecule has 0 saturated heterocycles. The molecule has 18 heteroatoms. The largest absolute Gasteiger partial charge is 0.464 e. The van der Waals surface area contributed by atoms with Crippen molar-refractivity contribution in [3.63, 3.8) is 0 Å². The van der Waals surface area contributed by atoms with Crippen LogP contribution in [0.15, 0.2) is 48.5 Å². The number of ether oxygens (including phenoxy) is 2. The molecule has 0 spiro atoms. The van der Waals surface area contributed by atoms with Crippen LogP contribution in [0, 0.1) is 0 Å². The van der Waals surface area contributed by atoms with Crippen molar-refractivity contribution < 1.29 is 41.8 Å². The Morgan fingerprint density at radius 1 is 1.00 bits per heavy atom. The van der Waals surface area contributed by atoms with E-state index in [4.69, 9.17) is 26.8 Å². The zero-order valence-electron chi connectivity index (χ0n) is 24.1. The third-order valence-corrected chi connectivity index (χ3v) is 6.70. The molecular formula is C28H28ClF3N8O6. The number of anilines is 3. The summed E-state index contributed by atoms with van der Waals surface area (Å²) < 4.78 is 48.3. The van der Waals surface area contributed by atoms with Crippen molar-refractivity contribution in [3.8, 4) is 6.01 Å². The minimum Gasteiger partial charge on any atom is -0.464 e. The van der Waals surface area contributed by atoms with Gasteiger partial charge in [-0.15, -0.1) is 0 Å². The molecule has 1 atom stereocenters. The summed E-state index contributed by atoms with van der Waals surface area (Å²) in [6.07, 6.45) is -3.22. The van der Waals surface area contributed by atoms with E-state index in [9.17, 15) is 32.3 Å². The molecule has 0 unspecified atom stereocenters. The highest BCUT2D eigenvalue weighted by Crippen LogP contribution is 2.48. The lowest BCUT2D eigenvalue weighted by Gasteiger charge is -2.19. The van der Waals surface area contributed by atoms with Gasteiger partial charge in [-0.05, 0) is 61.7 Å². The Bertz CT molecular complexity index is 1590. The molecule has 0 bridgehead atoms. The molecule has 1 fully saturated rings. The summed E-state index contributed by atoms with van der Waals surface area (Å²) >= 11 is 6.00. The summed E-state index contributed by atoms with van der Waals surface area (Å²) in [5, 5.41) is 11.1. The van der Waals surface area contributed by atoms with Gasteiger partial charge in [0.1, 0.15) is 6.04 Å². The molecule has 14 nitrogen and oxygen atoms in total. The lowest BCUT2D eigenvalue weighted by Crippen LogP contribution is -2.50. The Balaban J connectivity index is 1.49. The number of nitrogens with two attached hydrogens (primary N) is 1. The standard InChI is InChI=1S/C28H28ClF3N8O6/c1-2-45-23(44)19(13-34-22(43)20(33)41)36-21(42)15-3-9-18(10-4-15)35-24-37-25(39-26(38-24)46-14-28(30,31)32)40-27(11-12-27)16-5-7-17(29)8-6-16/h3-10,19H,2,11-14H2,1H3,(H2,33,41)(H,34,43)(H,36,42)(H2,35,37,38,39,40)/t19-/m0/s1. The first-order valence-corrected chi connectivity index (χ1v) is 14.1. The minimum absolute atomic E-state index is 0.00524. The fraction of sp³-hybridized carbons (Fsp3) is 0.321. The van der Waals surface area contributed by atoms with Crippen molar-refractivity contribution in [1.82, 2.24) is 25.6 Å². The Morgan fingerprint density at radius 2 is 1.65 bits per heavy atom.